The molecule has 148 valence electrons. The van der Waals surface area contributed by atoms with Gasteiger partial charge in [-0.25, -0.2) is 4.68 Å². The minimum Gasteiger partial charge on any atom is -0.269 e. The van der Waals surface area contributed by atoms with Crippen molar-refractivity contribution in [3.05, 3.63) is 114 Å². The summed E-state index contributed by atoms with van der Waals surface area (Å²) in [7, 11) is 0. The van der Waals surface area contributed by atoms with Gasteiger partial charge in [0.05, 0.1) is 12.1 Å². The van der Waals surface area contributed by atoms with Gasteiger partial charge in [-0.3, -0.25) is 9.69 Å². The molecule has 1 aliphatic heterocycles. The molecule has 0 radical (unpaired) electrons. The lowest BCUT2D eigenvalue weighted by Gasteiger charge is -2.39. The average Bonchev–Trinajstić information content (AvgIpc) is 3.29. The minimum absolute atomic E-state index is 0.0102. The SMILES string of the molecule is Cc1ccc(C(=O)N2c3ncnn3[C@H](c3ccccc3)C[C@H]2c2ccccc2)cc1. The average molecular weight is 394 g/mol. The van der Waals surface area contributed by atoms with Crippen LogP contribution in [0.2, 0.25) is 0 Å². The largest absolute Gasteiger partial charge is 0.269 e. The monoisotopic (exact) mass is 394 g/mol. The molecule has 4 aromatic rings. The molecule has 2 atom stereocenters. The van der Waals surface area contributed by atoms with Crippen LogP contribution in [0.3, 0.4) is 0 Å². The van der Waals surface area contributed by atoms with Crippen LogP contribution in [-0.4, -0.2) is 20.7 Å². The van der Waals surface area contributed by atoms with Gasteiger partial charge >= 0.3 is 0 Å². The van der Waals surface area contributed by atoms with Crippen LogP contribution in [0.25, 0.3) is 0 Å². The zero-order valence-corrected chi connectivity index (χ0v) is 16.7. The Morgan fingerprint density at radius 1 is 0.833 bits per heavy atom. The third-order valence-corrected chi connectivity index (χ3v) is 5.71. The molecule has 1 aromatic heterocycles. The van der Waals surface area contributed by atoms with Gasteiger partial charge < -0.3 is 0 Å². The molecule has 1 aliphatic rings. The maximum atomic E-state index is 13.6. The lowest BCUT2D eigenvalue weighted by molar-refractivity contribution is 0.0963. The van der Waals surface area contributed by atoms with Gasteiger partial charge in [-0.15, -0.1) is 0 Å². The molecule has 5 nitrogen and oxygen atoms in total. The number of aromatic nitrogens is 3. The highest BCUT2D eigenvalue weighted by Crippen LogP contribution is 2.42. The van der Waals surface area contributed by atoms with E-state index in [1.165, 1.54) is 6.33 Å². The second-order valence-corrected chi connectivity index (χ2v) is 7.63. The van der Waals surface area contributed by atoms with E-state index < -0.39 is 0 Å². The predicted molar refractivity (Wildman–Crippen MR) is 116 cm³/mol. The first-order valence-corrected chi connectivity index (χ1v) is 10.1. The summed E-state index contributed by atoms with van der Waals surface area (Å²) in [6.45, 7) is 2.02. The highest BCUT2D eigenvalue weighted by atomic mass is 16.2. The third-order valence-electron chi connectivity index (χ3n) is 5.71. The van der Waals surface area contributed by atoms with Crippen LogP contribution in [0.5, 0.6) is 0 Å². The van der Waals surface area contributed by atoms with E-state index in [4.69, 9.17) is 0 Å². The molecule has 0 bridgehead atoms. The molecule has 1 amide bonds. The first-order chi connectivity index (χ1) is 14.7. The summed E-state index contributed by atoms with van der Waals surface area (Å²) in [5, 5.41) is 4.49. The maximum absolute atomic E-state index is 13.6. The zero-order valence-electron chi connectivity index (χ0n) is 16.7. The number of nitrogens with zero attached hydrogens (tertiary/aromatic N) is 4. The van der Waals surface area contributed by atoms with E-state index in [2.05, 4.69) is 34.3 Å². The molecule has 0 saturated heterocycles. The Kier molecular flexibility index (Phi) is 4.64. The van der Waals surface area contributed by atoms with E-state index in [0.717, 1.165) is 23.1 Å². The summed E-state index contributed by atoms with van der Waals surface area (Å²) in [6.07, 6.45) is 2.26. The number of carbonyl (C=O) groups excluding carboxylic acids is 1. The molecule has 30 heavy (non-hydrogen) atoms. The van der Waals surface area contributed by atoms with Crippen molar-refractivity contribution in [1.29, 1.82) is 0 Å². The Bertz CT molecular complexity index is 1150. The molecule has 0 aliphatic carbocycles. The molecule has 0 unspecified atom stereocenters. The maximum Gasteiger partial charge on any atom is 0.261 e. The van der Waals surface area contributed by atoms with Gasteiger partial charge in [-0.05, 0) is 36.6 Å². The van der Waals surface area contributed by atoms with Crippen molar-refractivity contribution in [2.45, 2.75) is 25.4 Å². The Balaban J connectivity index is 1.64. The van der Waals surface area contributed by atoms with Crippen molar-refractivity contribution in [2.75, 3.05) is 4.90 Å². The van der Waals surface area contributed by atoms with Gasteiger partial charge in [0.1, 0.15) is 6.33 Å². The van der Waals surface area contributed by atoms with Crippen LogP contribution in [0, 0.1) is 6.92 Å². The van der Waals surface area contributed by atoms with E-state index in [0.29, 0.717) is 11.5 Å². The number of hydrogen-bond acceptors (Lipinski definition) is 3. The summed E-state index contributed by atoms with van der Waals surface area (Å²) in [5.41, 5.74) is 4.02. The normalized spacial score (nSPS) is 18.1. The lowest BCUT2D eigenvalue weighted by atomic mass is 9.91. The van der Waals surface area contributed by atoms with Gasteiger partial charge in [-0.2, -0.15) is 10.1 Å². The topological polar surface area (TPSA) is 51.0 Å². The molecule has 0 N–H and O–H groups in total. The van der Waals surface area contributed by atoms with Crippen LogP contribution in [-0.2, 0) is 0 Å². The molecular weight excluding hydrogens is 372 g/mol. The molecular formula is C25H22N4O. The van der Waals surface area contributed by atoms with Gasteiger partial charge in [0, 0.05) is 5.56 Å². The smallest absolute Gasteiger partial charge is 0.261 e. The highest BCUT2D eigenvalue weighted by molar-refractivity contribution is 6.05. The predicted octanol–water partition coefficient (Wildman–Crippen LogP) is 4.97. The Hall–Kier alpha value is -3.73. The number of aryl methyl sites for hydroxylation is 1. The lowest BCUT2D eigenvalue weighted by Crippen LogP contribution is -2.42. The van der Waals surface area contributed by atoms with Crippen molar-refractivity contribution >= 4 is 11.9 Å². The first-order valence-electron chi connectivity index (χ1n) is 10.1. The van der Waals surface area contributed by atoms with Crippen LogP contribution in [0.1, 0.15) is 45.6 Å². The summed E-state index contributed by atoms with van der Waals surface area (Å²) in [5.74, 6) is 0.513. The van der Waals surface area contributed by atoms with Gasteiger partial charge in [0.2, 0.25) is 5.95 Å². The van der Waals surface area contributed by atoms with E-state index in [-0.39, 0.29) is 18.0 Å². The van der Waals surface area contributed by atoms with E-state index in [1.54, 1.807) is 4.90 Å². The fraction of sp³-hybridized carbons (Fsp3) is 0.160. The number of hydrogen-bond donors (Lipinski definition) is 0. The van der Waals surface area contributed by atoms with E-state index in [9.17, 15) is 4.79 Å². The van der Waals surface area contributed by atoms with Crippen LogP contribution >= 0.6 is 0 Å². The number of carbonyl (C=O) groups is 1. The van der Waals surface area contributed by atoms with E-state index in [1.807, 2.05) is 72.3 Å². The number of anilines is 1. The van der Waals surface area contributed by atoms with Gasteiger partial charge in [-0.1, -0.05) is 78.4 Å². The van der Waals surface area contributed by atoms with Crippen LogP contribution in [0.4, 0.5) is 5.95 Å². The van der Waals surface area contributed by atoms with Gasteiger partial charge in [0.25, 0.3) is 5.91 Å². The molecule has 0 fully saturated rings. The number of rotatable bonds is 3. The Labute approximate surface area is 175 Å². The van der Waals surface area contributed by atoms with Crippen molar-refractivity contribution < 1.29 is 4.79 Å². The molecule has 5 heteroatoms. The minimum atomic E-state index is -0.137. The summed E-state index contributed by atoms with van der Waals surface area (Å²) >= 11 is 0. The molecule has 0 spiro atoms. The second kappa shape index (κ2) is 7.59. The second-order valence-electron chi connectivity index (χ2n) is 7.63. The Morgan fingerprint density at radius 3 is 2.07 bits per heavy atom. The van der Waals surface area contributed by atoms with Crippen LogP contribution < -0.4 is 4.90 Å². The summed E-state index contributed by atoms with van der Waals surface area (Å²) in [4.78, 5) is 20.0. The molecule has 3 aromatic carbocycles. The fourth-order valence-electron chi connectivity index (χ4n) is 4.17. The van der Waals surface area contributed by atoms with E-state index >= 15 is 0 Å². The summed E-state index contributed by atoms with van der Waals surface area (Å²) < 4.78 is 1.88. The van der Waals surface area contributed by atoms with Crippen molar-refractivity contribution in [3.8, 4) is 0 Å². The number of fused-ring (bicyclic) bond motifs is 1. The molecule has 2 heterocycles. The van der Waals surface area contributed by atoms with Crippen LogP contribution in [0.15, 0.2) is 91.3 Å². The number of amides is 1. The molecule has 5 rings (SSSR count). The molecule has 0 saturated carbocycles. The third kappa shape index (κ3) is 3.18. The van der Waals surface area contributed by atoms with Crippen molar-refractivity contribution in [1.82, 2.24) is 14.8 Å². The number of benzene rings is 3. The standard InChI is InChI=1S/C25H22N4O/c1-18-12-14-21(15-13-18)24(30)28-22(19-8-4-2-5-9-19)16-23(20-10-6-3-7-11-20)29-25(28)26-17-27-29/h2-15,17,22-23H,16H2,1H3/t22-,23-/m0/s1. The fourth-order valence-corrected chi connectivity index (χ4v) is 4.17. The Morgan fingerprint density at radius 2 is 1.43 bits per heavy atom. The highest BCUT2D eigenvalue weighted by Gasteiger charge is 2.39. The first kappa shape index (κ1) is 18.3. The quantitative estimate of drug-likeness (QED) is 0.493. The van der Waals surface area contributed by atoms with Crippen molar-refractivity contribution in [2.24, 2.45) is 0 Å². The summed E-state index contributed by atoms with van der Waals surface area (Å²) in [6, 6.07) is 28.0. The van der Waals surface area contributed by atoms with Crippen molar-refractivity contribution in [3.63, 3.8) is 0 Å². The zero-order chi connectivity index (χ0) is 20.5. The van der Waals surface area contributed by atoms with Gasteiger partial charge in [0.15, 0.2) is 0 Å².